The van der Waals surface area contributed by atoms with Crippen LogP contribution < -0.4 is 0 Å². The van der Waals surface area contributed by atoms with Gasteiger partial charge in [0.2, 0.25) is 11.8 Å². The lowest BCUT2D eigenvalue weighted by Crippen LogP contribution is -2.51. The zero-order chi connectivity index (χ0) is 17.1. The molecular weight excluding hydrogens is 300 g/mol. The molecule has 0 unspecified atom stereocenters. The molecule has 1 aromatic rings. The number of hydrogen-bond donors (Lipinski definition) is 0. The quantitative estimate of drug-likeness (QED) is 0.852. The molecule has 3 rings (SSSR count). The van der Waals surface area contributed by atoms with Crippen molar-refractivity contribution in [3.8, 4) is 0 Å². The highest BCUT2D eigenvalue weighted by molar-refractivity contribution is 5.80. The Balaban J connectivity index is 1.51. The fraction of sp³-hybridized carbons (Fsp3) is 0.600. The Kier molecular flexibility index (Phi) is 5.22. The van der Waals surface area contributed by atoms with Gasteiger partial charge in [0, 0.05) is 32.6 Å². The molecule has 1 fully saturated rings. The van der Waals surface area contributed by atoms with Crippen LogP contribution in [0.3, 0.4) is 0 Å². The van der Waals surface area contributed by atoms with Crippen LogP contribution in [-0.2, 0) is 28.9 Å². The van der Waals surface area contributed by atoms with Crippen LogP contribution in [0, 0.1) is 5.92 Å². The lowest BCUT2D eigenvalue weighted by atomic mass is 10.0. The van der Waals surface area contributed by atoms with Crippen molar-refractivity contribution in [3.05, 3.63) is 34.9 Å². The van der Waals surface area contributed by atoms with Gasteiger partial charge in [-0.2, -0.15) is 0 Å². The molecule has 0 bridgehead atoms. The largest absolute Gasteiger partial charge is 0.339 e. The minimum absolute atomic E-state index is 0.184. The molecule has 0 aromatic heterocycles. The van der Waals surface area contributed by atoms with Gasteiger partial charge in [-0.3, -0.25) is 9.59 Å². The molecule has 0 saturated carbocycles. The Bertz CT molecular complexity index is 616. The molecule has 0 radical (unpaired) electrons. The number of nitrogens with zero attached hydrogens (tertiary/aromatic N) is 2. The summed E-state index contributed by atoms with van der Waals surface area (Å²) in [6.45, 7) is 6.78. The summed E-state index contributed by atoms with van der Waals surface area (Å²) in [7, 11) is 0. The topological polar surface area (TPSA) is 40.6 Å². The number of aryl methyl sites for hydroxylation is 2. The van der Waals surface area contributed by atoms with Crippen molar-refractivity contribution in [2.45, 2.75) is 46.0 Å². The van der Waals surface area contributed by atoms with Gasteiger partial charge in [-0.1, -0.05) is 32.0 Å². The zero-order valence-corrected chi connectivity index (χ0v) is 14.9. The predicted molar refractivity (Wildman–Crippen MR) is 94.8 cm³/mol. The molecule has 2 aliphatic rings. The van der Waals surface area contributed by atoms with E-state index in [4.69, 9.17) is 0 Å². The second-order valence-electron chi connectivity index (χ2n) is 7.49. The number of carbonyl (C=O) groups is 2. The first kappa shape index (κ1) is 17.0. The third-order valence-corrected chi connectivity index (χ3v) is 5.09. The smallest absolute Gasteiger partial charge is 0.227 e. The lowest BCUT2D eigenvalue weighted by Gasteiger charge is -2.35. The minimum atomic E-state index is 0.184. The second-order valence-corrected chi connectivity index (χ2v) is 7.49. The summed E-state index contributed by atoms with van der Waals surface area (Å²) in [4.78, 5) is 28.5. The maximum atomic E-state index is 12.5. The van der Waals surface area contributed by atoms with Crippen molar-refractivity contribution in [3.63, 3.8) is 0 Å². The summed E-state index contributed by atoms with van der Waals surface area (Å²) in [6.07, 6.45) is 4.64. The Morgan fingerprint density at radius 2 is 1.58 bits per heavy atom. The highest BCUT2D eigenvalue weighted by atomic mass is 16.2. The summed E-state index contributed by atoms with van der Waals surface area (Å²) in [5.41, 5.74) is 3.99. The SMILES string of the molecule is CC(C)CC(=O)N1CCN(C(=O)Cc2ccc3c(c2)CCC3)CC1. The fourth-order valence-electron chi connectivity index (χ4n) is 3.71. The molecule has 1 saturated heterocycles. The predicted octanol–water partition coefficient (Wildman–Crippen LogP) is 2.43. The van der Waals surface area contributed by atoms with Crippen LogP contribution in [0.25, 0.3) is 0 Å². The van der Waals surface area contributed by atoms with Crippen molar-refractivity contribution in [2.75, 3.05) is 26.2 Å². The Hall–Kier alpha value is -1.84. The highest BCUT2D eigenvalue weighted by Gasteiger charge is 2.24. The van der Waals surface area contributed by atoms with Crippen molar-refractivity contribution >= 4 is 11.8 Å². The van der Waals surface area contributed by atoms with E-state index in [-0.39, 0.29) is 11.8 Å². The van der Waals surface area contributed by atoms with Crippen molar-refractivity contribution in [1.82, 2.24) is 9.80 Å². The number of benzene rings is 1. The molecule has 0 N–H and O–H groups in total. The maximum absolute atomic E-state index is 12.5. The number of piperazine rings is 1. The van der Waals surface area contributed by atoms with Gasteiger partial charge in [0.15, 0.2) is 0 Å². The summed E-state index contributed by atoms with van der Waals surface area (Å²) < 4.78 is 0. The summed E-state index contributed by atoms with van der Waals surface area (Å²) in [5.74, 6) is 0.789. The van der Waals surface area contributed by atoms with Gasteiger partial charge in [0.05, 0.1) is 6.42 Å². The van der Waals surface area contributed by atoms with Crippen LogP contribution in [0.5, 0.6) is 0 Å². The van der Waals surface area contributed by atoms with Gasteiger partial charge in [-0.25, -0.2) is 0 Å². The first-order valence-electron chi connectivity index (χ1n) is 9.19. The third kappa shape index (κ3) is 3.97. The minimum Gasteiger partial charge on any atom is -0.339 e. The monoisotopic (exact) mass is 328 g/mol. The number of amides is 2. The fourth-order valence-corrected chi connectivity index (χ4v) is 3.71. The van der Waals surface area contributed by atoms with Crippen LogP contribution in [0.2, 0.25) is 0 Å². The summed E-state index contributed by atoms with van der Waals surface area (Å²) >= 11 is 0. The molecule has 4 nitrogen and oxygen atoms in total. The van der Waals surface area contributed by atoms with E-state index in [2.05, 4.69) is 32.0 Å². The van der Waals surface area contributed by atoms with Crippen LogP contribution in [0.1, 0.15) is 43.4 Å². The first-order chi connectivity index (χ1) is 11.5. The van der Waals surface area contributed by atoms with Crippen molar-refractivity contribution in [2.24, 2.45) is 5.92 Å². The molecule has 1 aliphatic heterocycles. The maximum Gasteiger partial charge on any atom is 0.227 e. The molecular formula is C20H28N2O2. The van der Waals surface area contributed by atoms with Crippen LogP contribution in [0.4, 0.5) is 0 Å². The molecule has 130 valence electrons. The van der Waals surface area contributed by atoms with E-state index in [1.807, 2.05) is 9.80 Å². The number of hydrogen-bond acceptors (Lipinski definition) is 2. The Morgan fingerprint density at radius 1 is 0.958 bits per heavy atom. The van der Waals surface area contributed by atoms with E-state index in [1.54, 1.807) is 0 Å². The zero-order valence-electron chi connectivity index (χ0n) is 14.9. The second kappa shape index (κ2) is 7.37. The van der Waals surface area contributed by atoms with E-state index in [0.29, 0.717) is 44.9 Å². The average molecular weight is 328 g/mol. The van der Waals surface area contributed by atoms with Gasteiger partial charge in [-0.15, -0.1) is 0 Å². The van der Waals surface area contributed by atoms with E-state index in [1.165, 1.54) is 24.0 Å². The van der Waals surface area contributed by atoms with Crippen molar-refractivity contribution < 1.29 is 9.59 Å². The molecule has 0 spiro atoms. The standard InChI is InChI=1S/C20H28N2O2/c1-15(2)12-19(23)21-8-10-22(11-9-21)20(24)14-16-6-7-17-4-3-5-18(17)13-16/h6-7,13,15H,3-5,8-12,14H2,1-2H3. The highest BCUT2D eigenvalue weighted by Crippen LogP contribution is 2.23. The summed E-state index contributed by atoms with van der Waals surface area (Å²) in [5, 5.41) is 0. The van der Waals surface area contributed by atoms with E-state index >= 15 is 0 Å². The third-order valence-electron chi connectivity index (χ3n) is 5.09. The van der Waals surface area contributed by atoms with Gasteiger partial charge in [-0.05, 0) is 41.9 Å². The Labute approximate surface area is 144 Å². The number of fused-ring (bicyclic) bond motifs is 1. The van der Waals surface area contributed by atoms with E-state index in [9.17, 15) is 9.59 Å². The average Bonchev–Trinajstić information content (AvgIpc) is 3.02. The van der Waals surface area contributed by atoms with Gasteiger partial charge in [0.25, 0.3) is 0 Å². The van der Waals surface area contributed by atoms with Crippen LogP contribution in [-0.4, -0.2) is 47.8 Å². The first-order valence-corrected chi connectivity index (χ1v) is 9.19. The number of rotatable bonds is 4. The molecule has 4 heteroatoms. The van der Waals surface area contributed by atoms with Gasteiger partial charge >= 0.3 is 0 Å². The molecule has 1 heterocycles. The number of carbonyl (C=O) groups excluding carboxylic acids is 2. The normalized spacial score (nSPS) is 17.3. The molecule has 1 aliphatic carbocycles. The van der Waals surface area contributed by atoms with E-state index in [0.717, 1.165) is 12.0 Å². The van der Waals surface area contributed by atoms with Crippen molar-refractivity contribution in [1.29, 1.82) is 0 Å². The molecule has 2 amide bonds. The van der Waals surface area contributed by atoms with Gasteiger partial charge in [0.1, 0.15) is 0 Å². The molecule has 24 heavy (non-hydrogen) atoms. The molecule has 1 aromatic carbocycles. The lowest BCUT2D eigenvalue weighted by molar-refractivity contribution is -0.139. The summed E-state index contributed by atoms with van der Waals surface area (Å²) in [6, 6.07) is 6.50. The van der Waals surface area contributed by atoms with E-state index < -0.39 is 0 Å². The van der Waals surface area contributed by atoms with Crippen LogP contribution in [0.15, 0.2) is 18.2 Å². The Morgan fingerprint density at radius 3 is 2.25 bits per heavy atom. The molecule has 0 atom stereocenters. The van der Waals surface area contributed by atoms with Gasteiger partial charge < -0.3 is 9.80 Å². The van der Waals surface area contributed by atoms with Crippen LogP contribution >= 0.6 is 0 Å².